The first-order valence-electron chi connectivity index (χ1n) is 9.00. The molecule has 0 bridgehead atoms. The van der Waals surface area contributed by atoms with Crippen LogP contribution in [0.2, 0.25) is 5.02 Å². The van der Waals surface area contributed by atoms with Crippen molar-refractivity contribution in [2.75, 3.05) is 37.0 Å². The normalized spacial score (nSPS) is 18.8. The molecule has 2 atom stereocenters. The van der Waals surface area contributed by atoms with Crippen LogP contribution in [0.25, 0.3) is 0 Å². The summed E-state index contributed by atoms with van der Waals surface area (Å²) in [6.45, 7) is 5.74. The standard InChI is InChI=1S/C19H25ClN4O3/c1-12-8-18(23-19(21)22-12)24-6-3-7-26-11-17(24)15-5-4-14(9-16(15)20)27-10-13(2)25/h4-5,8-9,13,17,25H,3,6-7,10-11H2,1-2H3,(H2,21,22,23)/t13?,17-/m1/s1. The average Bonchev–Trinajstić information content (AvgIpc) is 2.85. The first-order chi connectivity index (χ1) is 12.9. The molecule has 27 heavy (non-hydrogen) atoms. The second-order valence-corrected chi connectivity index (χ2v) is 7.11. The molecule has 1 saturated heterocycles. The molecule has 2 heterocycles. The number of aliphatic hydroxyl groups excluding tert-OH is 1. The van der Waals surface area contributed by atoms with E-state index in [-0.39, 0.29) is 18.6 Å². The molecule has 146 valence electrons. The highest BCUT2D eigenvalue weighted by molar-refractivity contribution is 6.31. The van der Waals surface area contributed by atoms with E-state index in [1.807, 2.05) is 25.1 Å². The fraction of sp³-hybridized carbons (Fsp3) is 0.474. The van der Waals surface area contributed by atoms with Crippen molar-refractivity contribution in [1.82, 2.24) is 9.97 Å². The highest BCUT2D eigenvalue weighted by atomic mass is 35.5. The number of benzene rings is 1. The van der Waals surface area contributed by atoms with Gasteiger partial charge in [-0.1, -0.05) is 17.7 Å². The number of aliphatic hydroxyl groups is 1. The van der Waals surface area contributed by atoms with Crippen LogP contribution in [0.4, 0.5) is 11.8 Å². The molecule has 3 rings (SSSR count). The van der Waals surface area contributed by atoms with Gasteiger partial charge in [-0.25, -0.2) is 4.98 Å². The molecule has 0 spiro atoms. The Hall–Kier alpha value is -2.09. The summed E-state index contributed by atoms with van der Waals surface area (Å²) in [4.78, 5) is 10.7. The Labute approximate surface area is 164 Å². The fourth-order valence-corrected chi connectivity index (χ4v) is 3.41. The molecule has 7 nitrogen and oxygen atoms in total. The number of nitrogen functional groups attached to an aromatic ring is 1. The van der Waals surface area contributed by atoms with Crippen LogP contribution in [0.15, 0.2) is 24.3 Å². The fourth-order valence-electron chi connectivity index (χ4n) is 3.12. The Kier molecular flexibility index (Phi) is 6.36. The first kappa shape index (κ1) is 19.7. The van der Waals surface area contributed by atoms with Crippen LogP contribution in [0.3, 0.4) is 0 Å². The minimum Gasteiger partial charge on any atom is -0.491 e. The Morgan fingerprint density at radius 3 is 2.93 bits per heavy atom. The van der Waals surface area contributed by atoms with Crippen LogP contribution >= 0.6 is 11.6 Å². The van der Waals surface area contributed by atoms with Gasteiger partial charge in [0.2, 0.25) is 5.95 Å². The monoisotopic (exact) mass is 392 g/mol. The summed E-state index contributed by atoms with van der Waals surface area (Å²) in [6.07, 6.45) is 0.341. The lowest BCUT2D eigenvalue weighted by Crippen LogP contribution is -2.32. The lowest BCUT2D eigenvalue weighted by atomic mass is 10.1. The number of rotatable bonds is 5. The number of nitrogens with zero attached hydrogens (tertiary/aromatic N) is 3. The molecular formula is C19H25ClN4O3. The van der Waals surface area contributed by atoms with E-state index in [1.54, 1.807) is 13.0 Å². The molecule has 1 aromatic carbocycles. The second-order valence-electron chi connectivity index (χ2n) is 6.71. The molecule has 1 aliphatic heterocycles. The van der Waals surface area contributed by atoms with Gasteiger partial charge in [-0.2, -0.15) is 4.98 Å². The van der Waals surface area contributed by atoms with Crippen LogP contribution in [0, 0.1) is 6.92 Å². The second kappa shape index (κ2) is 8.73. The van der Waals surface area contributed by atoms with Crippen molar-refractivity contribution in [3.8, 4) is 5.75 Å². The van der Waals surface area contributed by atoms with Crippen molar-refractivity contribution in [2.24, 2.45) is 0 Å². The van der Waals surface area contributed by atoms with Crippen LogP contribution in [0.5, 0.6) is 5.75 Å². The minimum absolute atomic E-state index is 0.0977. The van der Waals surface area contributed by atoms with Crippen LogP contribution < -0.4 is 15.4 Å². The Morgan fingerprint density at radius 1 is 1.41 bits per heavy atom. The number of aromatic nitrogens is 2. The van der Waals surface area contributed by atoms with E-state index in [1.165, 1.54) is 0 Å². The lowest BCUT2D eigenvalue weighted by molar-refractivity contribution is 0.122. The summed E-state index contributed by atoms with van der Waals surface area (Å²) in [7, 11) is 0. The van der Waals surface area contributed by atoms with E-state index < -0.39 is 6.10 Å². The number of ether oxygens (including phenoxy) is 2. The Bertz CT molecular complexity index is 767. The Morgan fingerprint density at radius 2 is 2.22 bits per heavy atom. The maximum Gasteiger partial charge on any atom is 0.222 e. The SMILES string of the molecule is Cc1cc(N2CCCOC[C@@H]2c2ccc(OCC(C)O)cc2Cl)nc(N)n1. The van der Waals surface area contributed by atoms with Crippen molar-refractivity contribution in [3.63, 3.8) is 0 Å². The van der Waals surface area contributed by atoms with E-state index in [0.717, 1.165) is 30.0 Å². The summed E-state index contributed by atoms with van der Waals surface area (Å²) in [5, 5.41) is 9.96. The molecule has 0 amide bonds. The molecule has 1 aliphatic rings. The van der Waals surface area contributed by atoms with Gasteiger partial charge < -0.3 is 25.2 Å². The zero-order valence-corrected chi connectivity index (χ0v) is 16.3. The minimum atomic E-state index is -0.541. The highest BCUT2D eigenvalue weighted by Gasteiger charge is 2.27. The maximum atomic E-state index is 9.37. The van der Waals surface area contributed by atoms with Crippen molar-refractivity contribution in [3.05, 3.63) is 40.5 Å². The topological polar surface area (TPSA) is 93.7 Å². The van der Waals surface area contributed by atoms with Crippen LogP contribution in [-0.4, -0.2) is 47.5 Å². The molecule has 8 heteroatoms. The summed E-state index contributed by atoms with van der Waals surface area (Å²) in [5.41, 5.74) is 7.60. The molecule has 0 radical (unpaired) electrons. The molecule has 1 aromatic heterocycles. The molecule has 3 N–H and O–H groups in total. The molecular weight excluding hydrogens is 368 g/mol. The third-order valence-electron chi connectivity index (χ3n) is 4.31. The smallest absolute Gasteiger partial charge is 0.222 e. The van der Waals surface area contributed by atoms with Crippen LogP contribution in [-0.2, 0) is 4.74 Å². The molecule has 2 aromatic rings. The predicted molar refractivity (Wildman–Crippen MR) is 105 cm³/mol. The summed E-state index contributed by atoms with van der Waals surface area (Å²) in [5.74, 6) is 1.63. The van der Waals surface area contributed by atoms with Crippen molar-refractivity contribution >= 4 is 23.4 Å². The van der Waals surface area contributed by atoms with Crippen LogP contribution in [0.1, 0.15) is 30.6 Å². The number of anilines is 2. The maximum absolute atomic E-state index is 9.37. The molecule has 0 saturated carbocycles. The number of hydrogen-bond donors (Lipinski definition) is 2. The van der Waals surface area contributed by atoms with Crippen molar-refractivity contribution < 1.29 is 14.6 Å². The largest absolute Gasteiger partial charge is 0.491 e. The van der Waals surface area contributed by atoms with E-state index >= 15 is 0 Å². The number of halogens is 1. The number of aryl methyl sites for hydroxylation is 1. The number of nitrogens with two attached hydrogens (primary N) is 1. The van der Waals surface area contributed by atoms with Gasteiger partial charge >= 0.3 is 0 Å². The van der Waals surface area contributed by atoms with Gasteiger partial charge in [0.05, 0.1) is 18.8 Å². The molecule has 1 fully saturated rings. The van der Waals surface area contributed by atoms with E-state index in [0.29, 0.717) is 24.0 Å². The zero-order chi connectivity index (χ0) is 19.4. The summed E-state index contributed by atoms with van der Waals surface area (Å²) in [6, 6.07) is 7.37. The average molecular weight is 393 g/mol. The third-order valence-corrected chi connectivity index (χ3v) is 4.64. The van der Waals surface area contributed by atoms with Gasteiger partial charge in [-0.3, -0.25) is 0 Å². The molecule has 1 unspecified atom stereocenters. The van der Waals surface area contributed by atoms with E-state index in [2.05, 4.69) is 14.9 Å². The Balaban J connectivity index is 1.91. The van der Waals surface area contributed by atoms with Gasteiger partial charge in [0.15, 0.2) is 0 Å². The van der Waals surface area contributed by atoms with Gasteiger partial charge in [0.1, 0.15) is 18.2 Å². The van der Waals surface area contributed by atoms with Crippen molar-refractivity contribution in [2.45, 2.75) is 32.4 Å². The van der Waals surface area contributed by atoms with Crippen molar-refractivity contribution in [1.29, 1.82) is 0 Å². The third kappa shape index (κ3) is 5.00. The highest BCUT2D eigenvalue weighted by Crippen LogP contribution is 2.34. The predicted octanol–water partition coefficient (Wildman–Crippen LogP) is 2.75. The summed E-state index contributed by atoms with van der Waals surface area (Å²) < 4.78 is 11.3. The molecule has 0 aliphatic carbocycles. The van der Waals surface area contributed by atoms with E-state index in [9.17, 15) is 5.11 Å². The quantitative estimate of drug-likeness (QED) is 0.807. The van der Waals surface area contributed by atoms with Gasteiger partial charge in [0.25, 0.3) is 0 Å². The van der Waals surface area contributed by atoms with Gasteiger partial charge in [-0.05, 0) is 38.0 Å². The summed E-state index contributed by atoms with van der Waals surface area (Å²) >= 11 is 6.56. The lowest BCUT2D eigenvalue weighted by Gasteiger charge is -2.31. The van der Waals surface area contributed by atoms with Gasteiger partial charge in [0, 0.05) is 29.9 Å². The number of hydrogen-bond acceptors (Lipinski definition) is 7. The van der Waals surface area contributed by atoms with Gasteiger partial charge in [-0.15, -0.1) is 0 Å². The first-order valence-corrected chi connectivity index (χ1v) is 9.37. The van der Waals surface area contributed by atoms with E-state index in [4.69, 9.17) is 26.8 Å². The zero-order valence-electron chi connectivity index (χ0n) is 15.6.